The van der Waals surface area contributed by atoms with Crippen molar-refractivity contribution in [3.05, 3.63) is 35.0 Å². The topological polar surface area (TPSA) is 68.4 Å². The van der Waals surface area contributed by atoms with Gasteiger partial charge in [-0.25, -0.2) is 4.68 Å². The molecule has 21 heavy (non-hydrogen) atoms. The van der Waals surface area contributed by atoms with E-state index in [0.29, 0.717) is 11.4 Å². The van der Waals surface area contributed by atoms with Crippen molar-refractivity contribution in [3.63, 3.8) is 0 Å². The third kappa shape index (κ3) is 2.84. The fourth-order valence-electron chi connectivity index (χ4n) is 3.01. The lowest BCUT2D eigenvalue weighted by atomic mass is 9.86. The van der Waals surface area contributed by atoms with Gasteiger partial charge in [0.2, 0.25) is 5.91 Å². The first-order valence-corrected chi connectivity index (χ1v) is 7.47. The molecule has 0 unspecified atom stereocenters. The fraction of sp³-hybridized carbons (Fsp3) is 0.533. The molecule has 1 amide bonds. The highest BCUT2D eigenvalue weighted by Gasteiger charge is 2.23. The number of carbonyl (C=O) groups is 1. The maximum absolute atomic E-state index is 12.2. The Kier molecular flexibility index (Phi) is 3.77. The first-order valence-electron chi connectivity index (χ1n) is 7.47. The molecular formula is C15H20N4O2. The zero-order chi connectivity index (χ0) is 14.8. The largest absolute Gasteiger partial charge is 0.351 e. The number of nitrogens with zero attached hydrogens (tertiary/aromatic N) is 3. The molecule has 112 valence electrons. The van der Waals surface area contributed by atoms with Crippen LogP contribution in [0.4, 0.5) is 0 Å². The van der Waals surface area contributed by atoms with E-state index in [2.05, 4.69) is 17.3 Å². The molecule has 6 heteroatoms. The Balaban J connectivity index is 1.71. The third-order valence-electron chi connectivity index (χ3n) is 4.30. The molecule has 1 aliphatic carbocycles. The highest BCUT2D eigenvalue weighted by molar-refractivity contribution is 5.76. The number of amides is 1. The molecule has 1 N–H and O–H groups in total. The second-order valence-electron chi connectivity index (χ2n) is 5.83. The molecule has 1 fully saturated rings. The van der Waals surface area contributed by atoms with Crippen LogP contribution in [-0.4, -0.2) is 26.1 Å². The van der Waals surface area contributed by atoms with Gasteiger partial charge in [-0.15, -0.1) is 0 Å². The number of nitrogens with one attached hydrogen (secondary N) is 1. The molecule has 1 saturated carbocycles. The summed E-state index contributed by atoms with van der Waals surface area (Å²) in [5.74, 6) is 0.361. The summed E-state index contributed by atoms with van der Waals surface area (Å²) >= 11 is 0. The van der Waals surface area contributed by atoms with Gasteiger partial charge in [-0.05, 0) is 30.9 Å². The maximum atomic E-state index is 12.2. The van der Waals surface area contributed by atoms with Gasteiger partial charge >= 0.3 is 0 Å². The van der Waals surface area contributed by atoms with Crippen LogP contribution in [-0.2, 0) is 11.3 Å². The van der Waals surface area contributed by atoms with Gasteiger partial charge in [-0.3, -0.25) is 9.59 Å². The number of aromatic nitrogens is 3. The summed E-state index contributed by atoms with van der Waals surface area (Å²) in [7, 11) is 0. The van der Waals surface area contributed by atoms with Crippen LogP contribution < -0.4 is 10.9 Å². The SMILES string of the molecule is C[C@@H]1CCCC[C@H]1NC(=O)Cn1ncn2cccc2c1=O. The molecule has 1 aliphatic rings. The van der Waals surface area contributed by atoms with Gasteiger partial charge in [0.05, 0.1) is 0 Å². The van der Waals surface area contributed by atoms with Crippen molar-refractivity contribution in [3.8, 4) is 0 Å². The number of hydrogen-bond acceptors (Lipinski definition) is 3. The van der Waals surface area contributed by atoms with E-state index in [4.69, 9.17) is 0 Å². The Morgan fingerprint density at radius 2 is 2.24 bits per heavy atom. The normalized spacial score (nSPS) is 22.3. The van der Waals surface area contributed by atoms with E-state index in [-0.39, 0.29) is 24.1 Å². The minimum Gasteiger partial charge on any atom is -0.351 e. The number of fused-ring (bicyclic) bond motifs is 1. The van der Waals surface area contributed by atoms with Crippen LogP contribution in [0.1, 0.15) is 32.6 Å². The van der Waals surface area contributed by atoms with Crippen LogP contribution >= 0.6 is 0 Å². The van der Waals surface area contributed by atoms with Crippen LogP contribution in [0.2, 0.25) is 0 Å². The van der Waals surface area contributed by atoms with E-state index in [1.165, 1.54) is 11.1 Å². The highest BCUT2D eigenvalue weighted by Crippen LogP contribution is 2.23. The van der Waals surface area contributed by atoms with Gasteiger partial charge in [-0.1, -0.05) is 19.8 Å². The molecule has 0 saturated heterocycles. The highest BCUT2D eigenvalue weighted by atomic mass is 16.2. The Bertz CT molecular complexity index is 703. The van der Waals surface area contributed by atoms with E-state index in [9.17, 15) is 9.59 Å². The minimum absolute atomic E-state index is 0.0241. The molecule has 2 heterocycles. The van der Waals surface area contributed by atoms with Crippen molar-refractivity contribution in [2.75, 3.05) is 0 Å². The van der Waals surface area contributed by atoms with E-state index in [0.717, 1.165) is 19.3 Å². The van der Waals surface area contributed by atoms with Crippen molar-refractivity contribution >= 4 is 11.4 Å². The Labute approximate surface area is 122 Å². The fourth-order valence-corrected chi connectivity index (χ4v) is 3.01. The van der Waals surface area contributed by atoms with Gasteiger partial charge in [0.25, 0.3) is 5.56 Å². The average Bonchev–Trinajstić information content (AvgIpc) is 2.94. The Hall–Kier alpha value is -2.11. The number of hydrogen-bond donors (Lipinski definition) is 1. The molecule has 0 radical (unpaired) electrons. The summed E-state index contributed by atoms with van der Waals surface area (Å²) < 4.78 is 2.87. The Morgan fingerprint density at radius 1 is 1.43 bits per heavy atom. The number of carbonyl (C=O) groups excluding carboxylic acids is 1. The minimum atomic E-state index is -0.241. The van der Waals surface area contributed by atoms with E-state index >= 15 is 0 Å². The first kappa shape index (κ1) is 13.9. The molecule has 0 spiro atoms. The maximum Gasteiger partial charge on any atom is 0.291 e. The second kappa shape index (κ2) is 5.71. The lowest BCUT2D eigenvalue weighted by molar-refractivity contribution is -0.123. The molecule has 2 aromatic rings. The average molecular weight is 288 g/mol. The molecule has 2 atom stereocenters. The van der Waals surface area contributed by atoms with Gasteiger partial charge in [0, 0.05) is 12.2 Å². The van der Waals surface area contributed by atoms with Crippen molar-refractivity contribution in [1.82, 2.24) is 19.5 Å². The summed E-state index contributed by atoms with van der Waals surface area (Å²) in [4.78, 5) is 24.3. The summed E-state index contributed by atoms with van der Waals surface area (Å²) in [6.07, 6.45) is 7.88. The van der Waals surface area contributed by atoms with E-state index in [1.54, 1.807) is 29.1 Å². The lowest BCUT2D eigenvalue weighted by Crippen LogP contribution is -2.43. The molecule has 6 nitrogen and oxygen atoms in total. The van der Waals surface area contributed by atoms with E-state index < -0.39 is 0 Å². The second-order valence-corrected chi connectivity index (χ2v) is 5.83. The third-order valence-corrected chi connectivity index (χ3v) is 4.30. The van der Waals surface area contributed by atoms with E-state index in [1.807, 2.05) is 0 Å². The van der Waals surface area contributed by atoms with Crippen molar-refractivity contribution in [2.45, 2.75) is 45.2 Å². The predicted molar refractivity (Wildman–Crippen MR) is 79.0 cm³/mol. The van der Waals surface area contributed by atoms with Gasteiger partial charge in [-0.2, -0.15) is 5.10 Å². The van der Waals surface area contributed by atoms with Crippen molar-refractivity contribution < 1.29 is 4.79 Å². The summed E-state index contributed by atoms with van der Waals surface area (Å²) in [6.45, 7) is 2.14. The van der Waals surface area contributed by atoms with Crippen LogP contribution in [0.25, 0.3) is 5.52 Å². The number of rotatable bonds is 3. The summed E-state index contributed by atoms with van der Waals surface area (Å²) in [6, 6.07) is 3.73. The van der Waals surface area contributed by atoms with Crippen molar-refractivity contribution in [1.29, 1.82) is 0 Å². The molecule has 3 rings (SSSR count). The first-order chi connectivity index (χ1) is 10.1. The lowest BCUT2D eigenvalue weighted by Gasteiger charge is -2.29. The monoisotopic (exact) mass is 288 g/mol. The van der Waals surface area contributed by atoms with Gasteiger partial charge in [0.1, 0.15) is 18.4 Å². The molecule has 2 aromatic heterocycles. The summed E-state index contributed by atoms with van der Waals surface area (Å²) in [5.41, 5.74) is 0.290. The van der Waals surface area contributed by atoms with Crippen molar-refractivity contribution in [2.24, 2.45) is 5.92 Å². The standard InChI is InChI=1S/C15H20N4O2/c1-11-5-2-3-6-12(11)17-14(20)9-19-15(21)13-7-4-8-18(13)10-16-19/h4,7-8,10-12H,2-3,5-6,9H2,1H3,(H,17,20)/t11-,12-/m1/s1. The molecule has 0 bridgehead atoms. The van der Waals surface area contributed by atoms with Gasteiger partial charge < -0.3 is 9.72 Å². The van der Waals surface area contributed by atoms with Crippen LogP contribution in [0.15, 0.2) is 29.5 Å². The predicted octanol–water partition coefficient (Wildman–Crippen LogP) is 1.19. The quantitative estimate of drug-likeness (QED) is 0.922. The van der Waals surface area contributed by atoms with Crippen LogP contribution in [0.5, 0.6) is 0 Å². The zero-order valence-electron chi connectivity index (χ0n) is 12.2. The molecular weight excluding hydrogens is 268 g/mol. The Morgan fingerprint density at radius 3 is 3.05 bits per heavy atom. The summed E-state index contributed by atoms with van der Waals surface area (Å²) in [5, 5.41) is 7.08. The molecule has 0 aliphatic heterocycles. The van der Waals surface area contributed by atoms with Gasteiger partial charge in [0.15, 0.2) is 0 Å². The van der Waals surface area contributed by atoms with Crippen LogP contribution in [0.3, 0.4) is 0 Å². The van der Waals surface area contributed by atoms with Crippen LogP contribution in [0, 0.1) is 5.92 Å². The zero-order valence-corrected chi connectivity index (χ0v) is 12.2. The molecule has 0 aromatic carbocycles. The smallest absolute Gasteiger partial charge is 0.291 e.